The summed E-state index contributed by atoms with van der Waals surface area (Å²) in [6, 6.07) is 3.25. The van der Waals surface area contributed by atoms with Crippen LogP contribution in [0.15, 0.2) is 12.3 Å². The molecule has 0 bridgehead atoms. The van der Waals surface area contributed by atoms with Gasteiger partial charge in [0.15, 0.2) is 0 Å². The monoisotopic (exact) mass is 485 g/mol. The summed E-state index contributed by atoms with van der Waals surface area (Å²) in [7, 11) is 2.02. The van der Waals surface area contributed by atoms with Gasteiger partial charge in [0.1, 0.15) is 11.5 Å². The van der Waals surface area contributed by atoms with Crippen LogP contribution in [0.4, 0.5) is 20.3 Å². The number of aryl methyl sites for hydroxylation is 2. The van der Waals surface area contributed by atoms with Crippen LogP contribution in [0.3, 0.4) is 0 Å². The second-order valence-electron chi connectivity index (χ2n) is 10.9. The van der Waals surface area contributed by atoms with Gasteiger partial charge in [-0.05, 0) is 50.7 Å². The maximum absolute atomic E-state index is 14.1. The van der Waals surface area contributed by atoms with E-state index in [0.717, 1.165) is 63.6 Å². The molecule has 0 spiro atoms. The lowest BCUT2D eigenvalue weighted by molar-refractivity contribution is 0.115. The van der Waals surface area contributed by atoms with Crippen LogP contribution in [-0.4, -0.2) is 77.1 Å². The van der Waals surface area contributed by atoms with E-state index in [0.29, 0.717) is 35.5 Å². The Kier molecular flexibility index (Phi) is 5.75. The summed E-state index contributed by atoms with van der Waals surface area (Å²) in [5.41, 5.74) is 4.08. The second kappa shape index (κ2) is 8.69. The van der Waals surface area contributed by atoms with Crippen LogP contribution in [0.25, 0.3) is 0 Å². The van der Waals surface area contributed by atoms with E-state index in [1.165, 1.54) is 11.3 Å². The molecule has 0 amide bonds. The normalized spacial score (nSPS) is 31.0. The zero-order valence-electron chi connectivity index (χ0n) is 21.2. The van der Waals surface area contributed by atoms with Gasteiger partial charge in [0.05, 0.1) is 6.20 Å². The van der Waals surface area contributed by atoms with E-state index in [9.17, 15) is 8.78 Å². The van der Waals surface area contributed by atoms with Crippen molar-refractivity contribution in [3.05, 3.63) is 34.8 Å². The Labute approximate surface area is 206 Å². The minimum Gasteiger partial charge on any atom is -0.365 e. The molecule has 6 rings (SSSR count). The number of fused-ring (bicyclic) bond motifs is 1. The first-order valence-electron chi connectivity index (χ1n) is 13.1. The highest BCUT2D eigenvalue weighted by Gasteiger charge is 2.52. The van der Waals surface area contributed by atoms with Gasteiger partial charge in [-0.1, -0.05) is 0 Å². The third kappa shape index (κ3) is 3.82. The van der Waals surface area contributed by atoms with Crippen LogP contribution in [0.2, 0.25) is 0 Å². The van der Waals surface area contributed by atoms with E-state index in [1.807, 2.05) is 24.9 Å². The standard InChI is InChI=1S/C26H37F2N7/c1-15-13-30-32(4)25(15)18-5-8-34(21-11-19(18)21)23-12-20(16(2)24(31-23)26(27)28)35-14-22(17(35)3)33-9-6-29-7-10-33/h12-13,17-19,21-22,26,29H,5-11,14H2,1-4H3/t17-,18+,19+,21+,22-/m1/s1. The molecule has 5 heterocycles. The number of hydrogen-bond donors (Lipinski definition) is 1. The Morgan fingerprint density at radius 2 is 1.86 bits per heavy atom. The van der Waals surface area contributed by atoms with E-state index >= 15 is 0 Å². The largest absolute Gasteiger partial charge is 0.365 e. The predicted molar refractivity (Wildman–Crippen MR) is 134 cm³/mol. The first kappa shape index (κ1) is 23.2. The summed E-state index contributed by atoms with van der Waals surface area (Å²) in [6.07, 6.45) is 1.47. The molecule has 3 aliphatic heterocycles. The molecule has 1 aliphatic carbocycles. The molecule has 0 aromatic carbocycles. The molecule has 3 saturated heterocycles. The molecule has 190 valence electrons. The molecule has 0 radical (unpaired) electrons. The number of hydrogen-bond acceptors (Lipinski definition) is 6. The number of piperidine rings is 1. The second-order valence-corrected chi connectivity index (χ2v) is 10.9. The highest BCUT2D eigenvalue weighted by molar-refractivity contribution is 5.65. The maximum Gasteiger partial charge on any atom is 0.280 e. The van der Waals surface area contributed by atoms with Crippen molar-refractivity contribution in [2.75, 3.05) is 49.1 Å². The number of alkyl halides is 2. The van der Waals surface area contributed by atoms with Crippen molar-refractivity contribution < 1.29 is 8.78 Å². The van der Waals surface area contributed by atoms with Crippen LogP contribution < -0.4 is 15.1 Å². The van der Waals surface area contributed by atoms with Crippen molar-refractivity contribution in [3.8, 4) is 0 Å². The molecule has 2 aromatic heterocycles. The molecule has 0 unspecified atom stereocenters. The van der Waals surface area contributed by atoms with E-state index < -0.39 is 6.43 Å². The van der Waals surface area contributed by atoms with E-state index in [1.54, 1.807) is 0 Å². The van der Waals surface area contributed by atoms with Gasteiger partial charge in [0, 0.05) is 87.8 Å². The maximum atomic E-state index is 14.1. The lowest BCUT2D eigenvalue weighted by Crippen LogP contribution is -2.68. The number of nitrogens with zero attached hydrogens (tertiary/aromatic N) is 6. The van der Waals surface area contributed by atoms with Crippen LogP contribution in [0.5, 0.6) is 0 Å². The van der Waals surface area contributed by atoms with Crippen LogP contribution in [0.1, 0.15) is 54.6 Å². The lowest BCUT2D eigenvalue weighted by atomic mass is 9.90. The molecular formula is C26H37F2N7. The minimum absolute atomic E-state index is 0.0582. The summed E-state index contributed by atoms with van der Waals surface area (Å²) in [5, 5.41) is 7.87. The Morgan fingerprint density at radius 3 is 2.51 bits per heavy atom. The number of aromatic nitrogens is 3. The van der Waals surface area contributed by atoms with Gasteiger partial charge >= 0.3 is 0 Å². The smallest absolute Gasteiger partial charge is 0.280 e. The van der Waals surface area contributed by atoms with Crippen LogP contribution in [0, 0.1) is 19.8 Å². The minimum atomic E-state index is -2.57. The van der Waals surface area contributed by atoms with E-state index in [4.69, 9.17) is 0 Å². The van der Waals surface area contributed by atoms with Crippen molar-refractivity contribution in [1.29, 1.82) is 0 Å². The van der Waals surface area contributed by atoms with Gasteiger partial charge in [-0.15, -0.1) is 0 Å². The van der Waals surface area contributed by atoms with Crippen molar-refractivity contribution in [3.63, 3.8) is 0 Å². The van der Waals surface area contributed by atoms with Crippen molar-refractivity contribution in [2.24, 2.45) is 13.0 Å². The average molecular weight is 486 g/mol. The van der Waals surface area contributed by atoms with Crippen molar-refractivity contribution in [2.45, 2.75) is 64.1 Å². The molecular weight excluding hydrogens is 448 g/mol. The molecule has 9 heteroatoms. The third-order valence-electron chi connectivity index (χ3n) is 9.06. The summed E-state index contributed by atoms with van der Waals surface area (Å²) < 4.78 is 30.3. The number of halogens is 2. The molecule has 7 nitrogen and oxygen atoms in total. The van der Waals surface area contributed by atoms with Crippen molar-refractivity contribution in [1.82, 2.24) is 25.0 Å². The van der Waals surface area contributed by atoms with Gasteiger partial charge in [0.25, 0.3) is 6.43 Å². The summed E-state index contributed by atoms with van der Waals surface area (Å²) in [5.74, 6) is 1.75. The lowest BCUT2D eigenvalue weighted by Gasteiger charge is -2.54. The number of anilines is 2. The van der Waals surface area contributed by atoms with Gasteiger partial charge in [-0.25, -0.2) is 13.8 Å². The molecule has 4 fully saturated rings. The summed E-state index contributed by atoms with van der Waals surface area (Å²) in [4.78, 5) is 11.7. The number of piperazine rings is 1. The molecule has 2 aromatic rings. The topological polar surface area (TPSA) is 52.5 Å². The Balaban J connectivity index is 1.25. The van der Waals surface area contributed by atoms with Crippen molar-refractivity contribution >= 4 is 11.5 Å². The number of rotatable bonds is 5. The number of nitrogens with one attached hydrogen (secondary N) is 1. The van der Waals surface area contributed by atoms with E-state index in [2.05, 4.69) is 50.0 Å². The number of pyridine rings is 1. The molecule has 4 aliphatic rings. The predicted octanol–water partition coefficient (Wildman–Crippen LogP) is 3.23. The summed E-state index contributed by atoms with van der Waals surface area (Å²) in [6.45, 7) is 12.1. The Morgan fingerprint density at radius 1 is 1.09 bits per heavy atom. The fraction of sp³-hybridized carbons (Fsp3) is 0.692. The molecule has 1 saturated carbocycles. The van der Waals surface area contributed by atoms with Gasteiger partial charge in [-0.3, -0.25) is 9.58 Å². The Hall–Kier alpha value is -2.26. The summed E-state index contributed by atoms with van der Waals surface area (Å²) >= 11 is 0. The zero-order valence-corrected chi connectivity index (χ0v) is 21.2. The Bertz CT molecular complexity index is 1080. The first-order chi connectivity index (χ1) is 16.8. The SMILES string of the molecule is Cc1cnn(C)c1[C@H]1CCN(c2cc(N3C[C@@H](N4CCNCC4)[C@H]3C)c(C)c(C(F)F)n2)[C@H]2C[C@@H]12. The van der Waals surface area contributed by atoms with Crippen LogP contribution in [-0.2, 0) is 7.05 Å². The van der Waals surface area contributed by atoms with Gasteiger partial charge in [0.2, 0.25) is 0 Å². The van der Waals surface area contributed by atoms with Gasteiger partial charge < -0.3 is 15.1 Å². The highest BCUT2D eigenvalue weighted by Crippen LogP contribution is 2.53. The first-order valence-corrected chi connectivity index (χ1v) is 13.1. The quantitative estimate of drug-likeness (QED) is 0.702. The van der Waals surface area contributed by atoms with Gasteiger partial charge in [-0.2, -0.15) is 5.10 Å². The molecule has 1 N–H and O–H groups in total. The fourth-order valence-corrected chi connectivity index (χ4v) is 6.96. The molecule has 35 heavy (non-hydrogen) atoms. The molecule has 5 atom stereocenters. The highest BCUT2D eigenvalue weighted by atomic mass is 19.3. The zero-order chi connectivity index (χ0) is 24.4. The average Bonchev–Trinajstić information content (AvgIpc) is 3.58. The third-order valence-corrected chi connectivity index (χ3v) is 9.06. The van der Waals surface area contributed by atoms with Crippen LogP contribution >= 0.6 is 0 Å². The fourth-order valence-electron chi connectivity index (χ4n) is 6.96. The van der Waals surface area contributed by atoms with E-state index in [-0.39, 0.29) is 5.69 Å².